The standard InChI is InChI=1S/C39H64O6/c1-3-5-7-9-11-13-15-17-19-21-23-25-31-44-38(42)36(33-34-27-29-35(30-28-34)37(40)41)39(43)45-32-26-24-22-20-18-16-14-12-10-8-6-4-2/h27-30,33H,3-26,31-32H2,1-2H3,(H,40,41). The van der Waals surface area contributed by atoms with Gasteiger partial charge in [0.15, 0.2) is 0 Å². The van der Waals surface area contributed by atoms with Crippen LogP contribution in [0.15, 0.2) is 29.8 Å². The molecule has 1 aromatic rings. The molecule has 0 saturated heterocycles. The van der Waals surface area contributed by atoms with E-state index in [4.69, 9.17) is 14.6 Å². The Bertz CT molecular complexity index is 876. The number of esters is 2. The third-order valence-electron chi connectivity index (χ3n) is 8.37. The molecule has 1 N–H and O–H groups in total. The van der Waals surface area contributed by atoms with Gasteiger partial charge in [0.2, 0.25) is 0 Å². The fourth-order valence-electron chi connectivity index (χ4n) is 5.46. The van der Waals surface area contributed by atoms with Crippen LogP contribution in [0.25, 0.3) is 6.08 Å². The van der Waals surface area contributed by atoms with Gasteiger partial charge in [-0.2, -0.15) is 0 Å². The minimum Gasteiger partial charge on any atom is -0.478 e. The minimum absolute atomic E-state index is 0.137. The molecule has 0 bridgehead atoms. The lowest BCUT2D eigenvalue weighted by Gasteiger charge is -2.10. The number of unbranched alkanes of at least 4 members (excludes halogenated alkanes) is 22. The summed E-state index contributed by atoms with van der Waals surface area (Å²) in [5.74, 6) is -2.42. The summed E-state index contributed by atoms with van der Waals surface area (Å²) in [5, 5.41) is 9.17. The molecule has 0 atom stereocenters. The van der Waals surface area contributed by atoms with Crippen molar-refractivity contribution in [2.75, 3.05) is 13.2 Å². The first-order valence-electron chi connectivity index (χ1n) is 18.4. The lowest BCUT2D eigenvalue weighted by molar-refractivity contribution is -0.147. The van der Waals surface area contributed by atoms with Gasteiger partial charge in [0.1, 0.15) is 5.57 Å². The summed E-state index contributed by atoms with van der Waals surface area (Å²) in [6.07, 6.45) is 30.7. The maximum Gasteiger partial charge on any atom is 0.345 e. The maximum atomic E-state index is 12.9. The highest BCUT2D eigenvalue weighted by Crippen LogP contribution is 2.16. The zero-order valence-electron chi connectivity index (χ0n) is 28.8. The Morgan fingerprint density at radius 1 is 0.511 bits per heavy atom. The van der Waals surface area contributed by atoms with E-state index in [0.717, 1.165) is 38.5 Å². The van der Waals surface area contributed by atoms with Crippen LogP contribution >= 0.6 is 0 Å². The van der Waals surface area contributed by atoms with Crippen LogP contribution in [0.5, 0.6) is 0 Å². The third kappa shape index (κ3) is 22.5. The molecule has 0 unspecified atom stereocenters. The number of ether oxygens (including phenoxy) is 2. The first-order chi connectivity index (χ1) is 22.0. The molecule has 45 heavy (non-hydrogen) atoms. The molecule has 0 amide bonds. The van der Waals surface area contributed by atoms with Gasteiger partial charge in [-0.05, 0) is 36.6 Å². The highest BCUT2D eigenvalue weighted by molar-refractivity contribution is 6.17. The van der Waals surface area contributed by atoms with E-state index >= 15 is 0 Å². The lowest BCUT2D eigenvalue weighted by Crippen LogP contribution is -2.19. The van der Waals surface area contributed by atoms with Gasteiger partial charge in [-0.1, -0.05) is 167 Å². The predicted octanol–water partition coefficient (Wildman–Crippen LogP) is 11.3. The molecule has 1 aromatic carbocycles. The molecular weight excluding hydrogens is 564 g/mol. The highest BCUT2D eigenvalue weighted by Gasteiger charge is 2.21. The van der Waals surface area contributed by atoms with Gasteiger partial charge in [-0.3, -0.25) is 0 Å². The van der Waals surface area contributed by atoms with Crippen molar-refractivity contribution < 1.29 is 29.0 Å². The second-order valence-corrected chi connectivity index (χ2v) is 12.5. The summed E-state index contributed by atoms with van der Waals surface area (Å²) in [7, 11) is 0. The number of carbonyl (C=O) groups is 3. The van der Waals surface area contributed by atoms with Crippen LogP contribution in [0.2, 0.25) is 0 Å². The van der Waals surface area contributed by atoms with Crippen molar-refractivity contribution in [3.63, 3.8) is 0 Å². The first-order valence-corrected chi connectivity index (χ1v) is 18.4. The van der Waals surface area contributed by atoms with E-state index < -0.39 is 17.9 Å². The molecule has 1 rings (SSSR count). The summed E-state index contributed by atoms with van der Waals surface area (Å²) in [6.45, 7) is 5.02. The van der Waals surface area contributed by atoms with Gasteiger partial charge in [0, 0.05) is 0 Å². The number of aromatic carboxylic acids is 1. The second-order valence-electron chi connectivity index (χ2n) is 12.5. The van der Waals surface area contributed by atoms with E-state index in [1.165, 1.54) is 134 Å². The molecule has 256 valence electrons. The molecule has 0 aliphatic rings. The Morgan fingerprint density at radius 2 is 0.822 bits per heavy atom. The molecule has 0 saturated carbocycles. The van der Waals surface area contributed by atoms with Crippen LogP contribution in [0.1, 0.15) is 184 Å². The molecule has 6 heteroatoms. The van der Waals surface area contributed by atoms with Crippen molar-refractivity contribution in [3.8, 4) is 0 Å². The van der Waals surface area contributed by atoms with E-state index in [0.29, 0.717) is 5.56 Å². The molecule has 0 spiro atoms. The predicted molar refractivity (Wildman–Crippen MR) is 185 cm³/mol. The van der Waals surface area contributed by atoms with Crippen LogP contribution in [0, 0.1) is 0 Å². The minimum atomic E-state index is -1.03. The average molecular weight is 629 g/mol. The van der Waals surface area contributed by atoms with Gasteiger partial charge in [-0.25, -0.2) is 14.4 Å². The van der Waals surface area contributed by atoms with Crippen molar-refractivity contribution in [3.05, 3.63) is 41.0 Å². The highest BCUT2D eigenvalue weighted by atomic mass is 16.6. The van der Waals surface area contributed by atoms with Crippen LogP contribution < -0.4 is 0 Å². The zero-order valence-corrected chi connectivity index (χ0v) is 28.8. The first kappa shape index (κ1) is 40.4. The number of benzene rings is 1. The number of hydrogen-bond donors (Lipinski definition) is 1. The molecular formula is C39H64O6. The summed E-state index contributed by atoms with van der Waals surface area (Å²) in [6, 6.07) is 6.03. The van der Waals surface area contributed by atoms with Gasteiger partial charge < -0.3 is 14.6 Å². The van der Waals surface area contributed by atoms with Crippen molar-refractivity contribution >= 4 is 24.0 Å². The maximum absolute atomic E-state index is 12.9. The van der Waals surface area contributed by atoms with E-state index in [2.05, 4.69) is 13.8 Å². The SMILES string of the molecule is CCCCCCCCCCCCCCOC(=O)C(=Cc1ccc(C(=O)O)cc1)C(=O)OCCCCCCCCCCCCCC. The number of rotatable bonds is 30. The fraction of sp³-hybridized carbons (Fsp3) is 0.718. The molecule has 0 aliphatic carbocycles. The second kappa shape index (κ2) is 28.8. The Hall–Kier alpha value is -2.63. The van der Waals surface area contributed by atoms with Crippen LogP contribution in [-0.2, 0) is 19.1 Å². The molecule has 6 nitrogen and oxygen atoms in total. The van der Waals surface area contributed by atoms with E-state index in [1.54, 1.807) is 12.1 Å². The molecule has 0 aromatic heterocycles. The zero-order chi connectivity index (χ0) is 32.8. The largest absolute Gasteiger partial charge is 0.478 e. The topological polar surface area (TPSA) is 89.9 Å². The third-order valence-corrected chi connectivity index (χ3v) is 8.37. The van der Waals surface area contributed by atoms with Crippen LogP contribution in [0.4, 0.5) is 0 Å². The number of carboxylic acids is 1. The normalized spacial score (nSPS) is 10.9. The van der Waals surface area contributed by atoms with Gasteiger partial charge >= 0.3 is 17.9 Å². The van der Waals surface area contributed by atoms with Crippen LogP contribution in [0.3, 0.4) is 0 Å². The van der Waals surface area contributed by atoms with Gasteiger partial charge in [-0.15, -0.1) is 0 Å². The lowest BCUT2D eigenvalue weighted by atomic mass is 10.1. The molecule has 0 fully saturated rings. The van der Waals surface area contributed by atoms with E-state index in [-0.39, 0.29) is 24.4 Å². The van der Waals surface area contributed by atoms with E-state index in [9.17, 15) is 14.4 Å². The summed E-state index contributed by atoms with van der Waals surface area (Å²) in [4.78, 5) is 37.0. The smallest absolute Gasteiger partial charge is 0.345 e. The Morgan fingerprint density at radius 3 is 1.13 bits per heavy atom. The van der Waals surface area contributed by atoms with Crippen molar-refractivity contribution in [1.82, 2.24) is 0 Å². The number of carboxylic acid groups (broad SMARTS) is 1. The molecule has 0 aliphatic heterocycles. The monoisotopic (exact) mass is 628 g/mol. The molecule has 0 heterocycles. The van der Waals surface area contributed by atoms with Crippen molar-refractivity contribution in [1.29, 1.82) is 0 Å². The van der Waals surface area contributed by atoms with Crippen molar-refractivity contribution in [2.24, 2.45) is 0 Å². The quantitative estimate of drug-likeness (QED) is 0.0300. The Labute approximate surface area is 274 Å². The van der Waals surface area contributed by atoms with E-state index in [1.807, 2.05) is 0 Å². The summed E-state index contributed by atoms with van der Waals surface area (Å²) in [5.41, 5.74) is 0.522. The Kier molecular flexibility index (Phi) is 25.9. The summed E-state index contributed by atoms with van der Waals surface area (Å²) < 4.78 is 10.9. The molecule has 0 radical (unpaired) electrons. The average Bonchev–Trinajstić information content (AvgIpc) is 3.04. The van der Waals surface area contributed by atoms with Gasteiger partial charge in [0.25, 0.3) is 0 Å². The van der Waals surface area contributed by atoms with Crippen molar-refractivity contribution in [2.45, 2.75) is 168 Å². The summed E-state index contributed by atoms with van der Waals surface area (Å²) >= 11 is 0. The number of hydrogen-bond acceptors (Lipinski definition) is 5. The van der Waals surface area contributed by atoms with Crippen LogP contribution in [-0.4, -0.2) is 36.2 Å². The number of carbonyl (C=O) groups excluding carboxylic acids is 2. The fourth-order valence-corrected chi connectivity index (χ4v) is 5.46. The van der Waals surface area contributed by atoms with Gasteiger partial charge in [0.05, 0.1) is 18.8 Å². The Balaban J connectivity index is 2.38.